The zero-order valence-electron chi connectivity index (χ0n) is 17.0. The van der Waals surface area contributed by atoms with Gasteiger partial charge in [0.25, 0.3) is 5.91 Å². The normalized spacial score (nSPS) is 11.1. The largest absolute Gasteiger partial charge is 0.484 e. The van der Waals surface area contributed by atoms with E-state index < -0.39 is 0 Å². The average Bonchev–Trinajstić information content (AvgIpc) is 3.17. The number of oxazole rings is 1. The highest BCUT2D eigenvalue weighted by Crippen LogP contribution is 2.31. The van der Waals surface area contributed by atoms with Crippen LogP contribution < -0.4 is 10.1 Å². The lowest BCUT2D eigenvalue weighted by atomic mass is 10.0. The second kappa shape index (κ2) is 9.00. The van der Waals surface area contributed by atoms with Crippen LogP contribution in [-0.2, 0) is 4.79 Å². The first kappa shape index (κ1) is 21.2. The fraction of sp³-hybridized carbons (Fsp3) is 0.167. The molecule has 0 unspecified atom stereocenters. The van der Waals surface area contributed by atoms with Crippen molar-refractivity contribution in [1.82, 2.24) is 4.98 Å². The number of aromatic nitrogens is 1. The van der Waals surface area contributed by atoms with Crippen molar-refractivity contribution in [3.05, 3.63) is 76.3 Å². The Hall–Kier alpha value is -3.02. The molecule has 0 saturated carbocycles. The first-order chi connectivity index (χ1) is 14.9. The van der Waals surface area contributed by atoms with Crippen molar-refractivity contribution in [3.63, 3.8) is 0 Å². The third-order valence-corrected chi connectivity index (χ3v) is 5.32. The van der Waals surface area contributed by atoms with Crippen LogP contribution in [0.15, 0.2) is 65.1 Å². The molecule has 0 aliphatic heterocycles. The van der Waals surface area contributed by atoms with Crippen LogP contribution in [0.2, 0.25) is 10.0 Å². The molecule has 5 nitrogen and oxygen atoms in total. The molecule has 7 heteroatoms. The topological polar surface area (TPSA) is 64.4 Å². The van der Waals surface area contributed by atoms with E-state index in [-0.39, 0.29) is 12.5 Å². The number of anilines is 1. The highest BCUT2D eigenvalue weighted by Gasteiger charge is 2.13. The van der Waals surface area contributed by atoms with Gasteiger partial charge in [-0.3, -0.25) is 4.79 Å². The van der Waals surface area contributed by atoms with Gasteiger partial charge < -0.3 is 14.5 Å². The van der Waals surface area contributed by atoms with Crippen LogP contribution in [0.5, 0.6) is 5.75 Å². The van der Waals surface area contributed by atoms with E-state index in [4.69, 9.17) is 32.4 Å². The third-order valence-electron chi connectivity index (χ3n) is 4.75. The molecule has 0 radical (unpaired) electrons. The Morgan fingerprint density at radius 1 is 1.06 bits per heavy atom. The molecule has 0 atom stereocenters. The number of hydrogen-bond donors (Lipinski definition) is 1. The van der Waals surface area contributed by atoms with Gasteiger partial charge in [0.15, 0.2) is 12.2 Å². The standard InChI is InChI=1S/C24H20Cl2N2O3/c1-14(2)15-3-7-18(8-4-15)30-13-23(29)27-20-11-16(5-9-19(20)26)24-28-21-12-17(25)6-10-22(21)31-24/h3-12,14H,13H2,1-2H3,(H,27,29). The quantitative estimate of drug-likeness (QED) is 0.342. The minimum atomic E-state index is -0.323. The molecule has 0 bridgehead atoms. The Morgan fingerprint density at radius 2 is 1.84 bits per heavy atom. The predicted octanol–water partition coefficient (Wildman–Crippen LogP) is 6.94. The minimum absolute atomic E-state index is 0.136. The predicted molar refractivity (Wildman–Crippen MR) is 124 cm³/mol. The molecule has 1 amide bonds. The van der Waals surface area contributed by atoms with Gasteiger partial charge in [-0.05, 0) is 60.0 Å². The van der Waals surface area contributed by atoms with Crippen molar-refractivity contribution in [2.45, 2.75) is 19.8 Å². The minimum Gasteiger partial charge on any atom is -0.484 e. The second-order valence-electron chi connectivity index (χ2n) is 7.39. The van der Waals surface area contributed by atoms with Crippen molar-refractivity contribution >= 4 is 45.9 Å². The second-order valence-corrected chi connectivity index (χ2v) is 8.23. The molecular weight excluding hydrogens is 435 g/mol. The van der Waals surface area contributed by atoms with E-state index in [1.807, 2.05) is 24.3 Å². The van der Waals surface area contributed by atoms with Crippen LogP contribution in [-0.4, -0.2) is 17.5 Å². The van der Waals surface area contributed by atoms with E-state index in [1.54, 1.807) is 36.4 Å². The summed E-state index contributed by atoms with van der Waals surface area (Å²) >= 11 is 12.3. The maximum Gasteiger partial charge on any atom is 0.262 e. The van der Waals surface area contributed by atoms with Gasteiger partial charge in [0.1, 0.15) is 11.3 Å². The highest BCUT2D eigenvalue weighted by atomic mass is 35.5. The molecule has 1 aromatic heterocycles. The van der Waals surface area contributed by atoms with Gasteiger partial charge in [0.05, 0.1) is 10.7 Å². The van der Waals surface area contributed by atoms with E-state index >= 15 is 0 Å². The number of ether oxygens (including phenoxy) is 1. The first-order valence-corrected chi connectivity index (χ1v) is 10.5. The molecule has 158 valence electrons. The van der Waals surface area contributed by atoms with E-state index in [9.17, 15) is 4.79 Å². The van der Waals surface area contributed by atoms with Crippen molar-refractivity contribution in [2.75, 3.05) is 11.9 Å². The Bertz CT molecular complexity index is 1230. The number of benzene rings is 3. The number of fused-ring (bicyclic) bond motifs is 1. The maximum absolute atomic E-state index is 12.4. The van der Waals surface area contributed by atoms with Gasteiger partial charge >= 0.3 is 0 Å². The van der Waals surface area contributed by atoms with Gasteiger partial charge in [0.2, 0.25) is 5.89 Å². The summed E-state index contributed by atoms with van der Waals surface area (Å²) in [6, 6.07) is 18.1. The van der Waals surface area contributed by atoms with Crippen LogP contribution in [0.4, 0.5) is 5.69 Å². The average molecular weight is 455 g/mol. The van der Waals surface area contributed by atoms with E-state index in [0.717, 1.165) is 0 Å². The van der Waals surface area contributed by atoms with Crippen molar-refractivity contribution in [2.24, 2.45) is 0 Å². The summed E-state index contributed by atoms with van der Waals surface area (Å²) in [5.74, 6) is 1.15. The summed E-state index contributed by atoms with van der Waals surface area (Å²) in [6.07, 6.45) is 0. The molecule has 4 rings (SSSR count). The molecule has 1 heterocycles. The molecule has 1 N–H and O–H groups in total. The van der Waals surface area contributed by atoms with Crippen LogP contribution >= 0.6 is 23.2 Å². The molecule has 31 heavy (non-hydrogen) atoms. The number of carbonyl (C=O) groups excluding carboxylic acids is 1. The fourth-order valence-electron chi connectivity index (χ4n) is 3.06. The number of rotatable bonds is 6. The smallest absolute Gasteiger partial charge is 0.262 e. The molecule has 4 aromatic rings. The Labute approximate surface area is 189 Å². The van der Waals surface area contributed by atoms with Gasteiger partial charge in [-0.25, -0.2) is 4.98 Å². The van der Waals surface area contributed by atoms with Crippen molar-refractivity contribution in [3.8, 4) is 17.2 Å². The Kier molecular flexibility index (Phi) is 6.16. The monoisotopic (exact) mass is 454 g/mol. The summed E-state index contributed by atoms with van der Waals surface area (Å²) in [5.41, 5.74) is 3.61. The van der Waals surface area contributed by atoms with Crippen LogP contribution in [0.25, 0.3) is 22.6 Å². The molecular formula is C24H20Cl2N2O3. The number of hydrogen-bond acceptors (Lipinski definition) is 4. The van der Waals surface area contributed by atoms with Crippen LogP contribution in [0.1, 0.15) is 25.3 Å². The van der Waals surface area contributed by atoms with E-state index in [0.29, 0.717) is 50.0 Å². The number of carbonyl (C=O) groups is 1. The molecule has 0 aliphatic rings. The SMILES string of the molecule is CC(C)c1ccc(OCC(=O)Nc2cc(-c3nc4cc(Cl)ccc4o3)ccc2Cl)cc1. The fourth-order valence-corrected chi connectivity index (χ4v) is 3.39. The number of nitrogens with zero attached hydrogens (tertiary/aromatic N) is 1. The van der Waals surface area contributed by atoms with Crippen molar-refractivity contribution < 1.29 is 13.9 Å². The molecule has 0 fully saturated rings. The maximum atomic E-state index is 12.4. The van der Waals surface area contributed by atoms with Gasteiger partial charge in [0, 0.05) is 10.6 Å². The highest BCUT2D eigenvalue weighted by molar-refractivity contribution is 6.33. The molecule has 0 saturated heterocycles. The van der Waals surface area contributed by atoms with E-state index in [1.165, 1.54) is 5.56 Å². The lowest BCUT2D eigenvalue weighted by Gasteiger charge is -2.11. The van der Waals surface area contributed by atoms with Gasteiger partial charge in [-0.2, -0.15) is 0 Å². The first-order valence-electron chi connectivity index (χ1n) is 9.77. The molecule has 3 aromatic carbocycles. The number of amides is 1. The molecule has 0 spiro atoms. The zero-order valence-corrected chi connectivity index (χ0v) is 18.5. The lowest BCUT2D eigenvalue weighted by Crippen LogP contribution is -2.20. The molecule has 0 aliphatic carbocycles. The Balaban J connectivity index is 1.45. The third kappa shape index (κ3) is 5.01. The van der Waals surface area contributed by atoms with E-state index in [2.05, 4.69) is 24.1 Å². The summed E-state index contributed by atoms with van der Waals surface area (Å²) in [4.78, 5) is 16.8. The van der Waals surface area contributed by atoms with Gasteiger partial charge in [-0.15, -0.1) is 0 Å². The van der Waals surface area contributed by atoms with Crippen LogP contribution in [0, 0.1) is 0 Å². The van der Waals surface area contributed by atoms with Crippen LogP contribution in [0.3, 0.4) is 0 Å². The summed E-state index contributed by atoms with van der Waals surface area (Å²) in [6.45, 7) is 4.11. The number of halogens is 2. The lowest BCUT2D eigenvalue weighted by molar-refractivity contribution is -0.118. The van der Waals surface area contributed by atoms with Gasteiger partial charge in [-0.1, -0.05) is 49.2 Å². The Morgan fingerprint density at radius 3 is 2.58 bits per heavy atom. The summed E-state index contributed by atoms with van der Waals surface area (Å²) < 4.78 is 11.4. The number of nitrogens with one attached hydrogen (secondary N) is 1. The summed E-state index contributed by atoms with van der Waals surface area (Å²) in [5, 5.41) is 3.76. The van der Waals surface area contributed by atoms with Crippen molar-refractivity contribution in [1.29, 1.82) is 0 Å². The summed E-state index contributed by atoms with van der Waals surface area (Å²) in [7, 11) is 0. The zero-order chi connectivity index (χ0) is 22.0.